The predicted molar refractivity (Wildman–Crippen MR) is 107 cm³/mol. The summed E-state index contributed by atoms with van der Waals surface area (Å²) in [6, 6.07) is 5.95. The molecule has 3 rings (SSSR count). The molecule has 1 aromatic carbocycles. The van der Waals surface area contributed by atoms with Gasteiger partial charge in [-0.3, -0.25) is 0 Å². The molecule has 1 aliphatic carbocycles. The summed E-state index contributed by atoms with van der Waals surface area (Å²) >= 11 is 0. The van der Waals surface area contributed by atoms with E-state index in [2.05, 4.69) is 14.8 Å². The van der Waals surface area contributed by atoms with Crippen LogP contribution < -0.4 is 14.8 Å². The van der Waals surface area contributed by atoms with Crippen LogP contribution in [0.3, 0.4) is 0 Å². The standard InChI is InChI=1S/C20H29F3N2O4S/c1-30(26,27)25-18-6-3-11-24-19(18)13-28-16-9-7-14(8-10-16)15-4-2-5-17(12-15)29-20(21,22)23/h2,4-5,12,14,16,18-19,24-25H,3,6-11,13H2,1H3/t14?,16?,18-,19-/m0/s1. The number of rotatable bonds is 7. The number of nitrogens with one attached hydrogen (secondary N) is 2. The summed E-state index contributed by atoms with van der Waals surface area (Å²) in [6.45, 7) is 1.26. The lowest BCUT2D eigenvalue weighted by atomic mass is 9.82. The van der Waals surface area contributed by atoms with E-state index >= 15 is 0 Å². The van der Waals surface area contributed by atoms with Crippen molar-refractivity contribution in [3.05, 3.63) is 29.8 Å². The minimum absolute atomic E-state index is 0.0672. The van der Waals surface area contributed by atoms with E-state index in [0.717, 1.165) is 56.9 Å². The molecule has 0 amide bonds. The Balaban J connectivity index is 1.48. The maximum absolute atomic E-state index is 12.4. The largest absolute Gasteiger partial charge is 0.573 e. The van der Waals surface area contributed by atoms with Crippen molar-refractivity contribution in [2.24, 2.45) is 0 Å². The van der Waals surface area contributed by atoms with Crippen LogP contribution in [0.2, 0.25) is 0 Å². The molecule has 2 N–H and O–H groups in total. The van der Waals surface area contributed by atoms with Crippen LogP contribution in [0.15, 0.2) is 24.3 Å². The Morgan fingerprint density at radius 1 is 1.17 bits per heavy atom. The second kappa shape index (κ2) is 9.84. The van der Waals surface area contributed by atoms with Crippen LogP contribution in [0.1, 0.15) is 50.0 Å². The normalized spacial score (nSPS) is 28.3. The Morgan fingerprint density at radius 2 is 1.90 bits per heavy atom. The first kappa shape index (κ1) is 23.3. The van der Waals surface area contributed by atoms with Gasteiger partial charge < -0.3 is 14.8 Å². The molecule has 0 aromatic heterocycles. The van der Waals surface area contributed by atoms with Gasteiger partial charge in [0.15, 0.2) is 0 Å². The maximum atomic E-state index is 12.4. The van der Waals surface area contributed by atoms with Gasteiger partial charge in [0, 0.05) is 12.1 Å². The van der Waals surface area contributed by atoms with Gasteiger partial charge in [-0.2, -0.15) is 0 Å². The molecule has 0 bridgehead atoms. The van der Waals surface area contributed by atoms with Gasteiger partial charge in [-0.05, 0) is 68.7 Å². The maximum Gasteiger partial charge on any atom is 0.573 e. The molecule has 0 unspecified atom stereocenters. The number of halogens is 3. The van der Waals surface area contributed by atoms with E-state index in [9.17, 15) is 21.6 Å². The van der Waals surface area contributed by atoms with Gasteiger partial charge in [-0.15, -0.1) is 13.2 Å². The van der Waals surface area contributed by atoms with Crippen LogP contribution in [0.25, 0.3) is 0 Å². The minimum atomic E-state index is -4.69. The fraction of sp³-hybridized carbons (Fsp3) is 0.700. The highest BCUT2D eigenvalue weighted by molar-refractivity contribution is 7.88. The first-order valence-corrected chi connectivity index (χ1v) is 12.2. The molecule has 2 aliphatic rings. The van der Waals surface area contributed by atoms with E-state index in [4.69, 9.17) is 4.74 Å². The van der Waals surface area contributed by atoms with E-state index in [-0.39, 0.29) is 29.9 Å². The van der Waals surface area contributed by atoms with Crippen molar-refractivity contribution in [1.29, 1.82) is 0 Å². The van der Waals surface area contributed by atoms with Crippen molar-refractivity contribution in [2.45, 2.75) is 69.0 Å². The first-order chi connectivity index (χ1) is 14.1. The predicted octanol–water partition coefficient (Wildman–Crippen LogP) is 3.30. The molecule has 1 saturated heterocycles. The van der Waals surface area contributed by atoms with Crippen molar-refractivity contribution in [3.63, 3.8) is 0 Å². The number of hydrogen-bond acceptors (Lipinski definition) is 5. The Hall–Kier alpha value is -1.36. The molecule has 1 aromatic rings. The number of ether oxygens (including phenoxy) is 2. The fourth-order valence-electron chi connectivity index (χ4n) is 4.31. The number of hydrogen-bond donors (Lipinski definition) is 2. The third-order valence-corrected chi connectivity index (χ3v) is 6.43. The molecule has 0 spiro atoms. The molecule has 1 aliphatic heterocycles. The molecule has 10 heteroatoms. The molecule has 30 heavy (non-hydrogen) atoms. The summed E-state index contributed by atoms with van der Waals surface area (Å²) in [4.78, 5) is 0. The quantitative estimate of drug-likeness (QED) is 0.667. The zero-order valence-corrected chi connectivity index (χ0v) is 17.8. The average molecular weight is 451 g/mol. The number of benzene rings is 1. The Bertz CT molecular complexity index is 795. The van der Waals surface area contributed by atoms with Gasteiger partial charge in [0.2, 0.25) is 10.0 Å². The molecule has 1 heterocycles. The molecule has 2 fully saturated rings. The molecule has 1 saturated carbocycles. The molecule has 6 nitrogen and oxygen atoms in total. The number of sulfonamides is 1. The van der Waals surface area contributed by atoms with Crippen LogP contribution >= 0.6 is 0 Å². The van der Waals surface area contributed by atoms with E-state index in [1.165, 1.54) is 12.1 Å². The second-order valence-electron chi connectivity index (χ2n) is 8.13. The van der Waals surface area contributed by atoms with Crippen LogP contribution in [0.5, 0.6) is 5.75 Å². The zero-order valence-electron chi connectivity index (χ0n) is 17.0. The van der Waals surface area contributed by atoms with Gasteiger partial charge in [-0.25, -0.2) is 13.1 Å². The van der Waals surface area contributed by atoms with E-state index < -0.39 is 16.4 Å². The van der Waals surface area contributed by atoms with Crippen molar-refractivity contribution < 1.29 is 31.1 Å². The van der Waals surface area contributed by atoms with E-state index in [1.807, 2.05) is 6.07 Å². The lowest BCUT2D eigenvalue weighted by molar-refractivity contribution is -0.274. The number of alkyl halides is 3. The van der Waals surface area contributed by atoms with E-state index in [0.29, 0.717) is 6.61 Å². The van der Waals surface area contributed by atoms with Crippen molar-refractivity contribution in [3.8, 4) is 5.75 Å². The minimum Gasteiger partial charge on any atom is -0.406 e. The summed E-state index contributed by atoms with van der Waals surface area (Å²) in [7, 11) is -3.28. The monoisotopic (exact) mass is 450 g/mol. The molecular weight excluding hydrogens is 421 g/mol. The van der Waals surface area contributed by atoms with Crippen molar-refractivity contribution >= 4 is 10.0 Å². The number of piperidine rings is 1. The fourth-order valence-corrected chi connectivity index (χ4v) is 5.14. The van der Waals surface area contributed by atoms with Crippen molar-refractivity contribution in [1.82, 2.24) is 10.0 Å². The molecule has 2 atom stereocenters. The first-order valence-electron chi connectivity index (χ1n) is 10.3. The summed E-state index contributed by atoms with van der Waals surface area (Å²) in [5.74, 6) is -0.0137. The van der Waals surface area contributed by atoms with Gasteiger partial charge >= 0.3 is 6.36 Å². The van der Waals surface area contributed by atoms with E-state index in [1.54, 1.807) is 6.07 Å². The van der Waals surface area contributed by atoms with Crippen LogP contribution in [-0.4, -0.2) is 52.4 Å². The van der Waals surface area contributed by atoms with Crippen LogP contribution in [0.4, 0.5) is 13.2 Å². The molecule has 0 radical (unpaired) electrons. The lowest BCUT2D eigenvalue weighted by Gasteiger charge is -2.35. The average Bonchev–Trinajstić information content (AvgIpc) is 2.65. The zero-order chi connectivity index (χ0) is 21.8. The highest BCUT2D eigenvalue weighted by Gasteiger charge is 2.32. The lowest BCUT2D eigenvalue weighted by Crippen LogP contribution is -2.55. The second-order valence-corrected chi connectivity index (χ2v) is 9.91. The third-order valence-electron chi connectivity index (χ3n) is 5.70. The summed E-state index contributed by atoms with van der Waals surface area (Å²) in [5, 5.41) is 3.33. The van der Waals surface area contributed by atoms with Crippen LogP contribution in [-0.2, 0) is 14.8 Å². The highest BCUT2D eigenvalue weighted by atomic mass is 32.2. The SMILES string of the molecule is CS(=O)(=O)N[C@H]1CCCN[C@H]1COC1CCC(c2cccc(OC(F)(F)F)c2)CC1. The van der Waals surface area contributed by atoms with Gasteiger partial charge in [-0.1, -0.05) is 12.1 Å². The third kappa shape index (κ3) is 7.40. The molecule has 170 valence electrons. The van der Waals surface area contributed by atoms with Gasteiger partial charge in [0.25, 0.3) is 0 Å². The Kier molecular flexibility index (Phi) is 7.65. The Labute approximate surface area is 175 Å². The summed E-state index contributed by atoms with van der Waals surface area (Å²) < 4.78 is 73.2. The topological polar surface area (TPSA) is 76.7 Å². The Morgan fingerprint density at radius 3 is 2.57 bits per heavy atom. The van der Waals surface area contributed by atoms with Gasteiger partial charge in [0.05, 0.1) is 19.0 Å². The smallest absolute Gasteiger partial charge is 0.406 e. The summed E-state index contributed by atoms with van der Waals surface area (Å²) in [5.41, 5.74) is 0.849. The van der Waals surface area contributed by atoms with Gasteiger partial charge in [0.1, 0.15) is 5.75 Å². The van der Waals surface area contributed by atoms with Crippen LogP contribution in [0, 0.1) is 0 Å². The van der Waals surface area contributed by atoms with Crippen molar-refractivity contribution in [2.75, 3.05) is 19.4 Å². The molecular formula is C20H29F3N2O4S. The summed E-state index contributed by atoms with van der Waals surface area (Å²) in [6.07, 6.45) is 1.49. The highest BCUT2D eigenvalue weighted by Crippen LogP contribution is 2.36.